The summed E-state index contributed by atoms with van der Waals surface area (Å²) in [6, 6.07) is 72.8. The number of rotatable bonds is 8. The van der Waals surface area contributed by atoms with E-state index in [1.54, 1.807) is 0 Å². The fourth-order valence-corrected chi connectivity index (χ4v) is 14.0. The molecule has 16 rings (SSSR count). The number of hydrogen-bond acceptors (Lipinski definition) is 7. The Balaban J connectivity index is 0.902. The Bertz CT molecular complexity index is 3830. The summed E-state index contributed by atoms with van der Waals surface area (Å²) in [6.07, 6.45) is 8.38. The third kappa shape index (κ3) is 6.83. The Morgan fingerprint density at radius 2 is 0.743 bits per heavy atom. The normalized spacial score (nSPS) is 19.9. The molecule has 5 aliphatic carbocycles. The smallest absolute Gasteiger partial charge is 0.164 e. The molecule has 0 N–H and O–H groups in total. The van der Waals surface area contributed by atoms with Crippen LogP contribution < -0.4 is 0 Å². The minimum Gasteiger partial charge on any atom is -0.256 e. The molecule has 11 aromatic rings. The molecule has 7 heteroatoms. The van der Waals surface area contributed by atoms with Gasteiger partial charge in [0.1, 0.15) is 0 Å². The molecule has 5 aliphatic rings. The van der Waals surface area contributed by atoms with Crippen molar-refractivity contribution in [3.8, 4) is 102 Å². The van der Waals surface area contributed by atoms with Gasteiger partial charge >= 0.3 is 0 Å². The molecule has 0 radical (unpaired) electrons. The monoisotopic (exact) mass is 951 g/mol. The molecule has 4 saturated carbocycles. The summed E-state index contributed by atoms with van der Waals surface area (Å²) in [5.74, 6) is 6.54. The van der Waals surface area contributed by atoms with Crippen molar-refractivity contribution in [1.82, 2.24) is 34.9 Å². The second-order valence-electron chi connectivity index (χ2n) is 20.8. The molecule has 0 amide bonds. The van der Waals surface area contributed by atoms with E-state index in [9.17, 15) is 0 Å². The van der Waals surface area contributed by atoms with Crippen molar-refractivity contribution in [1.29, 1.82) is 0 Å². The Morgan fingerprint density at radius 1 is 0.311 bits per heavy atom. The van der Waals surface area contributed by atoms with Crippen molar-refractivity contribution < 1.29 is 0 Å². The third-order valence-corrected chi connectivity index (χ3v) is 16.8. The molecule has 3 heterocycles. The van der Waals surface area contributed by atoms with Crippen LogP contribution in [0.3, 0.4) is 0 Å². The minimum atomic E-state index is -0.156. The van der Waals surface area contributed by atoms with Crippen LogP contribution in [0.25, 0.3) is 113 Å². The second-order valence-corrected chi connectivity index (χ2v) is 20.8. The summed E-state index contributed by atoms with van der Waals surface area (Å²) >= 11 is 0. The SMILES string of the molecule is c1ccc(-c2nc(-c3ccccc3)nc(-c3ccccc3-c3ccc4c(c3)C3(c5c-4cccc5-c4ccc(-c5nc(-c6ccccc6)nc(-c6ccccc6)n5)c5cccnc45)C4CC5CC(C4)CC3C5)n2)cc1. The lowest BCUT2D eigenvalue weighted by atomic mass is 9.42. The highest BCUT2D eigenvalue weighted by Gasteiger charge is 2.62. The molecular weight excluding hydrogens is 903 g/mol. The molecule has 1 spiro atoms. The number of hydrogen-bond donors (Lipinski definition) is 0. The molecular formula is C67H49N7. The highest BCUT2D eigenvalue weighted by molar-refractivity contribution is 6.04. The molecule has 4 bridgehead atoms. The first-order chi connectivity index (χ1) is 36.6. The number of benzene rings is 8. The summed E-state index contributed by atoms with van der Waals surface area (Å²) in [7, 11) is 0. The average Bonchev–Trinajstić information content (AvgIpc) is 3.91. The fraction of sp³-hybridized carbons (Fsp3) is 0.149. The van der Waals surface area contributed by atoms with Crippen LogP contribution >= 0.6 is 0 Å². The largest absolute Gasteiger partial charge is 0.256 e. The van der Waals surface area contributed by atoms with Crippen molar-refractivity contribution in [3.63, 3.8) is 0 Å². The highest BCUT2D eigenvalue weighted by Crippen LogP contribution is 2.71. The number of nitrogens with zero attached hydrogens (tertiary/aromatic N) is 7. The van der Waals surface area contributed by atoms with Crippen molar-refractivity contribution >= 4 is 10.9 Å². The van der Waals surface area contributed by atoms with E-state index in [-0.39, 0.29) is 5.41 Å². The molecule has 7 nitrogen and oxygen atoms in total. The van der Waals surface area contributed by atoms with Crippen LogP contribution in [0.2, 0.25) is 0 Å². The maximum absolute atomic E-state index is 5.26. The van der Waals surface area contributed by atoms with Gasteiger partial charge in [0, 0.05) is 55.9 Å². The topological polar surface area (TPSA) is 90.2 Å². The fourth-order valence-electron chi connectivity index (χ4n) is 14.0. The molecule has 0 atom stereocenters. The van der Waals surface area contributed by atoms with Gasteiger partial charge in [0.2, 0.25) is 0 Å². The quantitative estimate of drug-likeness (QED) is 0.150. The van der Waals surface area contributed by atoms with Crippen molar-refractivity contribution in [2.24, 2.45) is 23.7 Å². The van der Waals surface area contributed by atoms with Gasteiger partial charge in [-0.1, -0.05) is 188 Å². The Hall–Kier alpha value is -8.81. The zero-order chi connectivity index (χ0) is 48.7. The Kier molecular flexibility index (Phi) is 9.94. The number of aromatic nitrogens is 7. The summed E-state index contributed by atoms with van der Waals surface area (Å²) < 4.78 is 0. The van der Waals surface area contributed by atoms with E-state index in [2.05, 4.69) is 127 Å². The van der Waals surface area contributed by atoms with Crippen LogP contribution in [0.5, 0.6) is 0 Å². The number of pyridine rings is 1. The second kappa shape index (κ2) is 17.2. The van der Waals surface area contributed by atoms with Gasteiger partial charge in [0.05, 0.1) is 5.52 Å². The van der Waals surface area contributed by atoms with E-state index in [0.717, 1.165) is 67.2 Å². The van der Waals surface area contributed by atoms with Gasteiger partial charge in [-0.2, -0.15) is 0 Å². The summed E-state index contributed by atoms with van der Waals surface area (Å²) in [5, 5.41) is 1.02. The van der Waals surface area contributed by atoms with Crippen molar-refractivity contribution in [2.75, 3.05) is 0 Å². The maximum atomic E-state index is 5.26. The Labute approximate surface area is 430 Å². The highest BCUT2D eigenvalue weighted by atomic mass is 15.0. The zero-order valence-corrected chi connectivity index (χ0v) is 40.7. The van der Waals surface area contributed by atoms with Crippen LogP contribution in [0.15, 0.2) is 212 Å². The van der Waals surface area contributed by atoms with E-state index in [1.807, 2.05) is 85.1 Å². The van der Waals surface area contributed by atoms with Crippen LogP contribution in [0.1, 0.15) is 43.2 Å². The minimum absolute atomic E-state index is 0.156. The third-order valence-electron chi connectivity index (χ3n) is 16.8. The lowest BCUT2D eigenvalue weighted by Crippen LogP contribution is -2.55. The van der Waals surface area contributed by atoms with Crippen LogP contribution in [0.4, 0.5) is 0 Å². The zero-order valence-electron chi connectivity index (χ0n) is 40.7. The summed E-state index contributed by atoms with van der Waals surface area (Å²) in [6.45, 7) is 0. The average molecular weight is 952 g/mol. The van der Waals surface area contributed by atoms with Gasteiger partial charge < -0.3 is 0 Å². The predicted molar refractivity (Wildman–Crippen MR) is 295 cm³/mol. The molecule has 74 heavy (non-hydrogen) atoms. The molecule has 4 fully saturated rings. The molecule has 0 unspecified atom stereocenters. The summed E-state index contributed by atoms with van der Waals surface area (Å²) in [4.78, 5) is 36.1. The molecule has 8 aromatic carbocycles. The van der Waals surface area contributed by atoms with Gasteiger partial charge in [-0.15, -0.1) is 0 Å². The van der Waals surface area contributed by atoms with Crippen molar-refractivity contribution in [3.05, 3.63) is 224 Å². The predicted octanol–water partition coefficient (Wildman–Crippen LogP) is 15.7. The van der Waals surface area contributed by atoms with E-state index < -0.39 is 0 Å². The summed E-state index contributed by atoms with van der Waals surface area (Å²) in [5.41, 5.74) is 16.9. The lowest BCUT2D eigenvalue weighted by Gasteiger charge is -2.61. The first-order valence-corrected chi connectivity index (χ1v) is 26.1. The van der Waals surface area contributed by atoms with Gasteiger partial charge in [-0.25, -0.2) is 29.9 Å². The van der Waals surface area contributed by atoms with Gasteiger partial charge in [0.15, 0.2) is 34.9 Å². The van der Waals surface area contributed by atoms with Gasteiger partial charge in [-0.05, 0) is 113 Å². The van der Waals surface area contributed by atoms with E-state index in [0.29, 0.717) is 46.8 Å². The first-order valence-electron chi connectivity index (χ1n) is 26.1. The van der Waals surface area contributed by atoms with Crippen LogP contribution in [-0.4, -0.2) is 34.9 Å². The van der Waals surface area contributed by atoms with E-state index in [4.69, 9.17) is 34.9 Å². The van der Waals surface area contributed by atoms with E-state index in [1.165, 1.54) is 65.5 Å². The Morgan fingerprint density at radius 3 is 1.28 bits per heavy atom. The molecule has 352 valence electrons. The molecule has 0 saturated heterocycles. The van der Waals surface area contributed by atoms with E-state index >= 15 is 0 Å². The maximum Gasteiger partial charge on any atom is 0.164 e. The van der Waals surface area contributed by atoms with Gasteiger partial charge in [0.25, 0.3) is 0 Å². The van der Waals surface area contributed by atoms with Crippen LogP contribution in [-0.2, 0) is 5.41 Å². The first kappa shape index (κ1) is 42.8. The van der Waals surface area contributed by atoms with Gasteiger partial charge in [-0.3, -0.25) is 4.98 Å². The molecule has 3 aromatic heterocycles. The lowest BCUT2D eigenvalue weighted by molar-refractivity contribution is -0.0397. The van der Waals surface area contributed by atoms with Crippen molar-refractivity contribution in [2.45, 2.75) is 37.5 Å². The van der Waals surface area contributed by atoms with Crippen LogP contribution in [0, 0.1) is 23.7 Å². The molecule has 0 aliphatic heterocycles. The number of fused-ring (bicyclic) bond motifs is 4. The standard InChI is InChI=1S/C67H49N7/c1-5-17-43(18-6-1)61-69-62(44-19-7-2-8-20-44)72-65(71-61)56-26-14-13-25-50(56)47-30-31-51-52-27-15-28-53(59(52)67(58(51)40-47)48-36-41-35-42(38-48)39-49(67)37-41)55-32-33-57(54-29-16-34-68-60(54)55)66-73-63(45-21-9-3-10-22-45)70-64(74-66)46-23-11-4-12-24-46/h1-34,40-42,48-49H,35-39H2.